The number of amides is 1. The van der Waals surface area contributed by atoms with Gasteiger partial charge in [-0.3, -0.25) is 5.32 Å². The lowest BCUT2D eigenvalue weighted by Gasteiger charge is -2.31. The predicted molar refractivity (Wildman–Crippen MR) is 154 cm³/mol. The molecule has 1 unspecified atom stereocenters. The average molecular weight is 528 g/mol. The van der Waals surface area contributed by atoms with Gasteiger partial charge in [-0.1, -0.05) is 32.4 Å². The summed E-state index contributed by atoms with van der Waals surface area (Å²) in [6.45, 7) is 10.4. The number of carbonyl (C=O) groups is 1. The van der Waals surface area contributed by atoms with Crippen molar-refractivity contribution in [2.24, 2.45) is 5.92 Å². The summed E-state index contributed by atoms with van der Waals surface area (Å²) < 4.78 is 4.65. The molecule has 9 nitrogen and oxygen atoms in total. The molecule has 0 saturated carbocycles. The van der Waals surface area contributed by atoms with E-state index >= 15 is 0 Å². The number of fused-ring (bicyclic) bond motifs is 2. The van der Waals surface area contributed by atoms with Gasteiger partial charge in [0.2, 0.25) is 5.95 Å². The van der Waals surface area contributed by atoms with Crippen LogP contribution in [0.15, 0.2) is 30.5 Å². The Morgan fingerprint density at radius 1 is 1.15 bits per heavy atom. The summed E-state index contributed by atoms with van der Waals surface area (Å²) in [5.41, 5.74) is 8.38. The number of rotatable bonds is 8. The fourth-order valence-corrected chi connectivity index (χ4v) is 5.42. The molecule has 1 amide bonds. The Labute approximate surface area is 229 Å². The van der Waals surface area contributed by atoms with E-state index in [1.165, 1.54) is 42.3 Å². The second-order valence-corrected chi connectivity index (χ2v) is 10.4. The van der Waals surface area contributed by atoms with Crippen molar-refractivity contribution in [1.29, 1.82) is 0 Å². The lowest BCUT2D eigenvalue weighted by Crippen LogP contribution is -2.29. The van der Waals surface area contributed by atoms with Gasteiger partial charge in [0, 0.05) is 36.1 Å². The minimum atomic E-state index is -0.584. The first kappa shape index (κ1) is 26.6. The summed E-state index contributed by atoms with van der Waals surface area (Å²) in [7, 11) is 1.31. The molecular formula is C30H37N7O2. The maximum absolute atomic E-state index is 11.6. The van der Waals surface area contributed by atoms with Gasteiger partial charge in [0.15, 0.2) is 5.65 Å². The fraction of sp³-hybridized carbons (Fsp3) is 0.433. The molecule has 1 aliphatic rings. The van der Waals surface area contributed by atoms with Gasteiger partial charge in [-0.2, -0.15) is 4.98 Å². The molecule has 4 aromatic rings. The maximum atomic E-state index is 11.6. The van der Waals surface area contributed by atoms with E-state index in [-0.39, 0.29) is 0 Å². The van der Waals surface area contributed by atoms with E-state index in [1.54, 1.807) is 0 Å². The van der Waals surface area contributed by atoms with E-state index in [1.807, 2.05) is 19.2 Å². The van der Waals surface area contributed by atoms with Crippen molar-refractivity contribution in [2.75, 3.05) is 23.9 Å². The largest absolute Gasteiger partial charge is 0.453 e. The van der Waals surface area contributed by atoms with Crippen molar-refractivity contribution in [3.05, 3.63) is 58.7 Å². The van der Waals surface area contributed by atoms with Crippen molar-refractivity contribution in [1.82, 2.24) is 24.9 Å². The second kappa shape index (κ2) is 11.4. The number of hydrogen-bond acceptors (Lipinski definition) is 7. The highest BCUT2D eigenvalue weighted by Crippen LogP contribution is 2.33. The molecule has 5 rings (SSSR count). The van der Waals surface area contributed by atoms with Gasteiger partial charge < -0.3 is 14.6 Å². The minimum absolute atomic E-state index is 0.301. The molecule has 1 aliphatic carbocycles. The summed E-state index contributed by atoms with van der Waals surface area (Å²) in [6, 6.07) is 8.54. The summed E-state index contributed by atoms with van der Waals surface area (Å²) in [6.07, 6.45) is 6.78. The molecule has 39 heavy (non-hydrogen) atoms. The number of H-pyrrole nitrogens is 1. The molecule has 1 aromatic carbocycles. The van der Waals surface area contributed by atoms with Crippen LogP contribution in [0.25, 0.3) is 22.3 Å². The van der Waals surface area contributed by atoms with Crippen LogP contribution in [-0.4, -0.2) is 44.7 Å². The molecule has 0 fully saturated rings. The zero-order valence-electron chi connectivity index (χ0n) is 23.5. The summed E-state index contributed by atoms with van der Waals surface area (Å²) in [5, 5.41) is 2.55. The van der Waals surface area contributed by atoms with E-state index in [2.05, 4.69) is 68.9 Å². The van der Waals surface area contributed by atoms with E-state index in [0.29, 0.717) is 17.5 Å². The van der Waals surface area contributed by atoms with Gasteiger partial charge in [0.25, 0.3) is 0 Å². The molecule has 204 valence electrons. The number of methoxy groups -OCH3 is 1. The summed E-state index contributed by atoms with van der Waals surface area (Å²) in [5.74, 6) is 2.97. The topological polar surface area (TPSA) is 109 Å². The Bertz CT molecular complexity index is 1500. The normalized spacial score (nSPS) is 14.7. The highest BCUT2D eigenvalue weighted by atomic mass is 16.5. The quantitative estimate of drug-likeness (QED) is 0.283. The number of carbonyl (C=O) groups excluding carboxylic acids is 1. The average Bonchev–Trinajstić information content (AvgIpc) is 3.34. The highest BCUT2D eigenvalue weighted by Gasteiger charge is 2.25. The van der Waals surface area contributed by atoms with E-state index in [0.717, 1.165) is 60.6 Å². The number of nitrogens with zero attached hydrogens (tertiary/aromatic N) is 5. The number of nitrogens with one attached hydrogen (secondary N) is 2. The highest BCUT2D eigenvalue weighted by molar-refractivity contribution is 5.86. The number of anilines is 2. The van der Waals surface area contributed by atoms with Crippen LogP contribution in [0, 0.1) is 19.8 Å². The number of ether oxygens (including phenoxy) is 1. The third kappa shape index (κ3) is 5.72. The van der Waals surface area contributed by atoms with Crippen molar-refractivity contribution in [3.63, 3.8) is 0 Å². The monoisotopic (exact) mass is 527 g/mol. The van der Waals surface area contributed by atoms with Crippen LogP contribution in [0.4, 0.5) is 16.6 Å². The van der Waals surface area contributed by atoms with Gasteiger partial charge in [0.1, 0.15) is 11.6 Å². The molecule has 3 heterocycles. The summed E-state index contributed by atoms with van der Waals surface area (Å²) in [4.78, 5) is 35.8. The Hall–Kier alpha value is -4.01. The Morgan fingerprint density at radius 3 is 2.77 bits per heavy atom. The van der Waals surface area contributed by atoms with Gasteiger partial charge in [-0.25, -0.2) is 19.7 Å². The molecule has 0 bridgehead atoms. The molecule has 2 N–H and O–H groups in total. The first-order chi connectivity index (χ1) is 18.9. The van der Waals surface area contributed by atoms with Gasteiger partial charge >= 0.3 is 6.09 Å². The Balaban J connectivity index is 1.45. The SMILES string of the molecule is CCCN(Cc1cc(-c2cnc3nc(NC(=O)OC)[nH]c3c2)ccc1C)c1nc(C)nc2c1CCC(CC)C2. The van der Waals surface area contributed by atoms with Gasteiger partial charge in [-0.15, -0.1) is 0 Å². The number of aromatic nitrogens is 5. The van der Waals surface area contributed by atoms with Gasteiger partial charge in [-0.05, 0) is 74.3 Å². The molecular weight excluding hydrogens is 490 g/mol. The standard InChI is InChI=1S/C30H37N7O2/c1-6-12-37(28-24-11-9-20(7-2)13-25(24)32-19(4)33-28)17-23-14-21(10-8-18(23)3)22-15-26-27(31-16-22)35-29(34-26)36-30(38)39-5/h8,10,14-16,20H,6-7,9,11-13,17H2,1-5H3,(H2,31,34,35,36,38). The first-order valence-electron chi connectivity index (χ1n) is 13.8. The molecule has 3 aromatic heterocycles. The lowest BCUT2D eigenvalue weighted by atomic mass is 9.85. The zero-order valence-corrected chi connectivity index (χ0v) is 23.5. The van der Waals surface area contributed by atoms with Crippen LogP contribution in [-0.2, 0) is 24.1 Å². The van der Waals surface area contributed by atoms with Crippen LogP contribution in [0.2, 0.25) is 0 Å². The van der Waals surface area contributed by atoms with Crippen molar-refractivity contribution >= 4 is 29.0 Å². The number of aromatic amines is 1. The number of hydrogen-bond donors (Lipinski definition) is 2. The number of imidazole rings is 1. The van der Waals surface area contributed by atoms with E-state index < -0.39 is 6.09 Å². The van der Waals surface area contributed by atoms with Crippen LogP contribution >= 0.6 is 0 Å². The smallest absolute Gasteiger partial charge is 0.413 e. The third-order valence-electron chi connectivity index (χ3n) is 7.62. The van der Waals surface area contributed by atoms with Crippen LogP contribution in [0.5, 0.6) is 0 Å². The zero-order chi connectivity index (χ0) is 27.5. The third-order valence-corrected chi connectivity index (χ3v) is 7.62. The number of benzene rings is 1. The molecule has 0 saturated heterocycles. The molecule has 1 atom stereocenters. The maximum Gasteiger partial charge on any atom is 0.413 e. The van der Waals surface area contributed by atoms with Gasteiger partial charge in [0.05, 0.1) is 12.6 Å². The molecule has 0 aliphatic heterocycles. The minimum Gasteiger partial charge on any atom is -0.453 e. The molecule has 0 spiro atoms. The van der Waals surface area contributed by atoms with Crippen molar-refractivity contribution in [2.45, 2.75) is 66.3 Å². The lowest BCUT2D eigenvalue weighted by molar-refractivity contribution is 0.186. The van der Waals surface area contributed by atoms with Crippen LogP contribution in [0.3, 0.4) is 0 Å². The van der Waals surface area contributed by atoms with Crippen molar-refractivity contribution in [3.8, 4) is 11.1 Å². The Morgan fingerprint density at radius 2 is 2.00 bits per heavy atom. The Kier molecular flexibility index (Phi) is 7.77. The number of aryl methyl sites for hydroxylation is 2. The van der Waals surface area contributed by atoms with E-state index in [9.17, 15) is 4.79 Å². The van der Waals surface area contributed by atoms with E-state index in [4.69, 9.17) is 9.97 Å². The second-order valence-electron chi connectivity index (χ2n) is 10.4. The van der Waals surface area contributed by atoms with Crippen LogP contribution in [0.1, 0.15) is 61.3 Å². The fourth-order valence-electron chi connectivity index (χ4n) is 5.42. The summed E-state index contributed by atoms with van der Waals surface area (Å²) >= 11 is 0. The molecule has 9 heteroatoms. The first-order valence-corrected chi connectivity index (χ1v) is 13.8. The molecule has 0 radical (unpaired) electrons. The number of pyridine rings is 1. The van der Waals surface area contributed by atoms with Crippen molar-refractivity contribution < 1.29 is 9.53 Å². The van der Waals surface area contributed by atoms with Crippen LogP contribution < -0.4 is 10.2 Å². The predicted octanol–water partition coefficient (Wildman–Crippen LogP) is 6.14.